The van der Waals surface area contributed by atoms with E-state index in [1.54, 1.807) is 0 Å². The Morgan fingerprint density at radius 3 is 2.71 bits per heavy atom. The molecule has 24 heavy (non-hydrogen) atoms. The molecule has 2 aromatic carbocycles. The van der Waals surface area contributed by atoms with Crippen LogP contribution in [0, 0.1) is 6.92 Å². The molecule has 122 valence electrons. The number of aromatic carboxylic acids is 1. The Labute approximate surface area is 145 Å². The van der Waals surface area contributed by atoms with E-state index < -0.39 is 5.97 Å². The van der Waals surface area contributed by atoms with Gasteiger partial charge in [0.2, 0.25) is 5.82 Å². The number of benzene rings is 2. The summed E-state index contributed by atoms with van der Waals surface area (Å²) in [7, 11) is 0. The van der Waals surface area contributed by atoms with E-state index in [2.05, 4.69) is 22.1 Å². The van der Waals surface area contributed by atoms with E-state index in [0.29, 0.717) is 5.52 Å². The summed E-state index contributed by atoms with van der Waals surface area (Å²) in [6.45, 7) is 1.99. The third-order valence-electron chi connectivity index (χ3n) is 4.04. The molecule has 2 N–H and O–H groups in total. The largest absolute Gasteiger partial charge is 0.475 e. The quantitative estimate of drug-likeness (QED) is 0.519. The van der Waals surface area contributed by atoms with Gasteiger partial charge in [0.25, 0.3) is 0 Å². The summed E-state index contributed by atoms with van der Waals surface area (Å²) in [5.74, 6) is -1.10. The van der Waals surface area contributed by atoms with Gasteiger partial charge in [-0.2, -0.15) is 0 Å². The number of hydrogen-bond acceptors (Lipinski definition) is 3. The van der Waals surface area contributed by atoms with E-state index in [-0.39, 0.29) is 5.82 Å². The summed E-state index contributed by atoms with van der Waals surface area (Å²) in [4.78, 5) is 18.8. The summed E-state index contributed by atoms with van der Waals surface area (Å²) < 4.78 is 0. The zero-order chi connectivity index (χ0) is 17.1. The molecule has 3 rings (SSSR count). The minimum atomic E-state index is -1.06. The number of carboxylic acids is 1. The lowest BCUT2D eigenvalue weighted by Crippen LogP contribution is -2.01. The Balaban J connectivity index is 1.74. The highest BCUT2D eigenvalue weighted by Crippen LogP contribution is 2.21. The third kappa shape index (κ3) is 3.51. The van der Waals surface area contributed by atoms with Gasteiger partial charge in [-0.1, -0.05) is 42.5 Å². The van der Waals surface area contributed by atoms with Gasteiger partial charge >= 0.3 is 5.97 Å². The average Bonchev–Trinajstić information content (AvgIpc) is 2.98. The van der Waals surface area contributed by atoms with Crippen LogP contribution in [0.1, 0.15) is 40.2 Å². The van der Waals surface area contributed by atoms with Crippen LogP contribution < -0.4 is 0 Å². The van der Waals surface area contributed by atoms with Crippen molar-refractivity contribution in [3.05, 3.63) is 65.0 Å². The maximum atomic E-state index is 11.0. The first-order valence-electron chi connectivity index (χ1n) is 7.85. The van der Waals surface area contributed by atoms with Crippen molar-refractivity contribution in [3.8, 4) is 0 Å². The van der Waals surface area contributed by atoms with Gasteiger partial charge in [0.15, 0.2) is 0 Å². The number of thiocarbonyl (C=S) groups is 1. The van der Waals surface area contributed by atoms with Crippen molar-refractivity contribution in [1.29, 1.82) is 0 Å². The van der Waals surface area contributed by atoms with Gasteiger partial charge in [-0.3, -0.25) is 0 Å². The van der Waals surface area contributed by atoms with Gasteiger partial charge in [0, 0.05) is 4.86 Å². The van der Waals surface area contributed by atoms with Crippen molar-refractivity contribution in [1.82, 2.24) is 9.97 Å². The predicted octanol–water partition coefficient (Wildman–Crippen LogP) is 4.31. The van der Waals surface area contributed by atoms with Crippen LogP contribution in [-0.4, -0.2) is 25.9 Å². The molecule has 3 aromatic rings. The molecule has 5 heteroatoms. The van der Waals surface area contributed by atoms with Gasteiger partial charge in [0.05, 0.1) is 11.0 Å². The lowest BCUT2D eigenvalue weighted by atomic mass is 9.99. The van der Waals surface area contributed by atoms with Crippen molar-refractivity contribution >= 4 is 34.1 Å². The topological polar surface area (TPSA) is 66.0 Å². The predicted molar refractivity (Wildman–Crippen MR) is 98.9 cm³/mol. The SMILES string of the molecule is Cc1cc2[nH]c(C(=O)O)nc2cc1C(=S)CCCc1ccccc1. The molecule has 4 nitrogen and oxygen atoms in total. The zero-order valence-corrected chi connectivity index (χ0v) is 14.2. The molecule has 1 heterocycles. The number of H-pyrrole nitrogens is 1. The number of fused-ring (bicyclic) bond motifs is 1. The monoisotopic (exact) mass is 338 g/mol. The van der Waals surface area contributed by atoms with Gasteiger partial charge in [-0.25, -0.2) is 9.78 Å². The van der Waals surface area contributed by atoms with Crippen LogP contribution in [0.2, 0.25) is 0 Å². The molecule has 0 saturated carbocycles. The summed E-state index contributed by atoms with van der Waals surface area (Å²) in [6, 6.07) is 14.1. The molecule has 0 spiro atoms. The molecule has 1 aromatic heterocycles. The number of imidazole rings is 1. The van der Waals surface area contributed by atoms with Crippen LogP contribution in [0.3, 0.4) is 0 Å². The Morgan fingerprint density at radius 1 is 1.25 bits per heavy atom. The lowest BCUT2D eigenvalue weighted by molar-refractivity contribution is 0.0685. The summed E-state index contributed by atoms with van der Waals surface area (Å²) in [5, 5.41) is 9.04. The van der Waals surface area contributed by atoms with Crippen LogP contribution in [0.5, 0.6) is 0 Å². The molecular weight excluding hydrogens is 320 g/mol. The van der Waals surface area contributed by atoms with Crippen molar-refractivity contribution in [3.63, 3.8) is 0 Å². The van der Waals surface area contributed by atoms with Crippen LogP contribution in [0.4, 0.5) is 0 Å². The van der Waals surface area contributed by atoms with E-state index >= 15 is 0 Å². The first kappa shape index (κ1) is 16.3. The standard InChI is InChI=1S/C19H18N2O2S/c1-12-10-15-16(21-18(20-15)19(22)23)11-14(12)17(24)9-5-8-13-6-3-2-4-7-13/h2-4,6-7,10-11H,5,8-9H2,1H3,(H,20,21)(H,22,23). The van der Waals surface area contributed by atoms with Gasteiger partial charge in [-0.05, 0) is 55.0 Å². The van der Waals surface area contributed by atoms with Crippen LogP contribution in [0.15, 0.2) is 42.5 Å². The van der Waals surface area contributed by atoms with Crippen LogP contribution in [-0.2, 0) is 6.42 Å². The fourth-order valence-corrected chi connectivity index (χ4v) is 3.16. The lowest BCUT2D eigenvalue weighted by Gasteiger charge is -2.08. The molecule has 0 radical (unpaired) electrons. The van der Waals surface area contributed by atoms with E-state index in [1.807, 2.05) is 37.3 Å². The number of rotatable bonds is 6. The second kappa shape index (κ2) is 6.93. The molecule has 0 aliphatic heterocycles. The molecule has 0 atom stereocenters. The minimum absolute atomic E-state index is 0.0449. The third-order valence-corrected chi connectivity index (χ3v) is 4.47. The van der Waals surface area contributed by atoms with Crippen molar-refractivity contribution in [2.24, 2.45) is 0 Å². The second-order valence-corrected chi connectivity index (χ2v) is 6.33. The minimum Gasteiger partial charge on any atom is -0.475 e. The molecule has 0 aliphatic carbocycles. The van der Waals surface area contributed by atoms with E-state index in [1.165, 1.54) is 5.56 Å². The van der Waals surface area contributed by atoms with E-state index in [4.69, 9.17) is 17.3 Å². The fourth-order valence-electron chi connectivity index (χ4n) is 2.80. The molecular formula is C19H18N2O2S. The first-order valence-corrected chi connectivity index (χ1v) is 8.26. The number of hydrogen-bond donors (Lipinski definition) is 2. The molecule has 0 amide bonds. The maximum Gasteiger partial charge on any atom is 0.371 e. The van der Waals surface area contributed by atoms with Crippen molar-refractivity contribution in [2.75, 3.05) is 0 Å². The van der Waals surface area contributed by atoms with E-state index in [0.717, 1.165) is 40.8 Å². The zero-order valence-electron chi connectivity index (χ0n) is 13.4. The Morgan fingerprint density at radius 2 is 2.00 bits per heavy atom. The van der Waals surface area contributed by atoms with Crippen LogP contribution in [0.25, 0.3) is 11.0 Å². The molecule has 0 fully saturated rings. The second-order valence-electron chi connectivity index (χ2n) is 5.84. The van der Waals surface area contributed by atoms with Crippen molar-refractivity contribution < 1.29 is 9.90 Å². The maximum absolute atomic E-state index is 11.0. The Bertz CT molecular complexity index is 900. The summed E-state index contributed by atoms with van der Waals surface area (Å²) in [5.41, 5.74) is 4.69. The number of aromatic nitrogens is 2. The summed E-state index contributed by atoms with van der Waals surface area (Å²) >= 11 is 5.59. The first-order chi connectivity index (χ1) is 11.5. The number of aryl methyl sites for hydroxylation is 2. The molecule has 0 bridgehead atoms. The highest BCUT2D eigenvalue weighted by Gasteiger charge is 2.13. The molecule has 0 aliphatic rings. The number of carboxylic acid groups (broad SMARTS) is 1. The van der Waals surface area contributed by atoms with Crippen molar-refractivity contribution in [2.45, 2.75) is 26.2 Å². The summed E-state index contributed by atoms with van der Waals surface area (Å²) in [6.07, 6.45) is 2.81. The highest BCUT2D eigenvalue weighted by atomic mass is 32.1. The van der Waals surface area contributed by atoms with Gasteiger partial charge in [0.1, 0.15) is 0 Å². The Kier molecular flexibility index (Phi) is 4.71. The Hall–Kier alpha value is -2.53. The molecule has 0 unspecified atom stereocenters. The van der Waals surface area contributed by atoms with Gasteiger partial charge < -0.3 is 10.1 Å². The number of nitrogens with one attached hydrogen (secondary N) is 1. The normalized spacial score (nSPS) is 10.9. The fraction of sp³-hybridized carbons (Fsp3) is 0.211. The molecule has 0 saturated heterocycles. The van der Waals surface area contributed by atoms with Crippen LogP contribution >= 0.6 is 12.2 Å². The number of nitrogens with zero attached hydrogens (tertiary/aromatic N) is 1. The highest BCUT2D eigenvalue weighted by molar-refractivity contribution is 7.80. The van der Waals surface area contributed by atoms with E-state index in [9.17, 15) is 4.79 Å². The van der Waals surface area contributed by atoms with Gasteiger partial charge in [-0.15, -0.1) is 0 Å². The number of carbonyl (C=O) groups is 1. The smallest absolute Gasteiger partial charge is 0.371 e. The number of aromatic amines is 1. The average molecular weight is 338 g/mol.